The Bertz CT molecular complexity index is 810. The van der Waals surface area contributed by atoms with Gasteiger partial charge in [-0.15, -0.1) is 0 Å². The number of rotatable bonds is 2. The highest BCUT2D eigenvalue weighted by atomic mass is 35.7. The summed E-state index contributed by atoms with van der Waals surface area (Å²) in [7, 11) is 1.19. The number of hydrogen-bond acceptors (Lipinski definition) is 5. The largest absolute Gasteiger partial charge is 0.280 e. The first kappa shape index (κ1) is 13.1. The summed E-state index contributed by atoms with van der Waals surface area (Å²) in [4.78, 5) is 0. The molecule has 0 N–H and O–H groups in total. The minimum atomic E-state index is -4.11. The van der Waals surface area contributed by atoms with E-state index in [1.54, 1.807) is 6.07 Å². The monoisotopic (exact) mass is 292 g/mol. The highest BCUT2D eigenvalue weighted by Crippen LogP contribution is 2.23. The number of hydrogen-bond donors (Lipinski definition) is 0. The SMILES string of the molecule is N#Cc1ccc(-n2ncc(C#N)c2S(=O)(=O)Cl)cc1. The fraction of sp³-hybridized carbons (Fsp3) is 0. The van der Waals surface area contributed by atoms with E-state index in [9.17, 15) is 8.42 Å². The van der Waals surface area contributed by atoms with Crippen molar-refractivity contribution < 1.29 is 8.42 Å². The van der Waals surface area contributed by atoms with E-state index in [-0.39, 0.29) is 10.6 Å². The Morgan fingerprint density at radius 2 is 1.79 bits per heavy atom. The predicted molar refractivity (Wildman–Crippen MR) is 66.0 cm³/mol. The molecule has 6 nitrogen and oxygen atoms in total. The van der Waals surface area contributed by atoms with Crippen molar-refractivity contribution in [2.24, 2.45) is 0 Å². The minimum Gasteiger partial charge on any atom is -0.220 e. The van der Waals surface area contributed by atoms with Crippen molar-refractivity contribution in [2.75, 3.05) is 0 Å². The van der Waals surface area contributed by atoms with E-state index in [0.29, 0.717) is 11.3 Å². The van der Waals surface area contributed by atoms with Crippen LogP contribution in [0.5, 0.6) is 0 Å². The maximum Gasteiger partial charge on any atom is 0.280 e. The molecular weight excluding hydrogens is 288 g/mol. The van der Waals surface area contributed by atoms with Crippen LogP contribution in [-0.4, -0.2) is 18.2 Å². The van der Waals surface area contributed by atoms with Gasteiger partial charge in [-0.2, -0.15) is 15.6 Å². The Balaban J connectivity index is 2.67. The molecule has 2 aromatic rings. The summed E-state index contributed by atoms with van der Waals surface area (Å²) in [6.45, 7) is 0. The van der Waals surface area contributed by atoms with Gasteiger partial charge in [0.15, 0.2) is 5.03 Å². The second-order valence-electron chi connectivity index (χ2n) is 3.48. The lowest BCUT2D eigenvalue weighted by atomic mass is 10.2. The van der Waals surface area contributed by atoms with Gasteiger partial charge < -0.3 is 0 Å². The Morgan fingerprint density at radius 1 is 1.16 bits per heavy atom. The Kier molecular flexibility index (Phi) is 3.26. The Hall–Kier alpha value is -2.35. The van der Waals surface area contributed by atoms with Crippen molar-refractivity contribution in [2.45, 2.75) is 5.03 Å². The van der Waals surface area contributed by atoms with Crippen LogP contribution < -0.4 is 0 Å². The van der Waals surface area contributed by atoms with Gasteiger partial charge in [0.25, 0.3) is 9.05 Å². The molecule has 0 spiro atoms. The molecule has 2 rings (SSSR count). The molecule has 0 atom stereocenters. The van der Waals surface area contributed by atoms with Crippen LogP contribution in [0.4, 0.5) is 0 Å². The molecule has 1 aromatic carbocycles. The van der Waals surface area contributed by atoms with Gasteiger partial charge in [-0.1, -0.05) is 0 Å². The van der Waals surface area contributed by atoms with Crippen molar-refractivity contribution in [3.8, 4) is 17.8 Å². The zero-order chi connectivity index (χ0) is 14.0. The molecule has 1 heterocycles. The molecule has 0 radical (unpaired) electrons. The molecule has 0 saturated heterocycles. The van der Waals surface area contributed by atoms with Crippen molar-refractivity contribution in [1.82, 2.24) is 9.78 Å². The zero-order valence-electron chi connectivity index (χ0n) is 9.28. The number of benzene rings is 1. The second-order valence-corrected chi connectivity index (χ2v) is 5.96. The lowest BCUT2D eigenvalue weighted by Gasteiger charge is -2.04. The summed E-state index contributed by atoms with van der Waals surface area (Å²) in [5.41, 5.74) is 0.672. The van der Waals surface area contributed by atoms with Gasteiger partial charge in [0.2, 0.25) is 0 Å². The average Bonchev–Trinajstić information content (AvgIpc) is 2.82. The third-order valence-corrected chi connectivity index (χ3v) is 3.61. The van der Waals surface area contributed by atoms with Gasteiger partial charge in [0, 0.05) is 10.7 Å². The van der Waals surface area contributed by atoms with E-state index in [2.05, 4.69) is 5.10 Å². The maximum absolute atomic E-state index is 11.5. The quantitative estimate of drug-likeness (QED) is 0.782. The summed E-state index contributed by atoms with van der Waals surface area (Å²) in [6.07, 6.45) is 1.12. The molecule has 0 aliphatic carbocycles. The van der Waals surface area contributed by atoms with Gasteiger partial charge in [0.05, 0.1) is 23.5 Å². The van der Waals surface area contributed by atoms with Gasteiger partial charge in [-0.3, -0.25) is 0 Å². The highest BCUT2D eigenvalue weighted by Gasteiger charge is 2.23. The molecule has 19 heavy (non-hydrogen) atoms. The second kappa shape index (κ2) is 4.73. The van der Waals surface area contributed by atoms with Crippen molar-refractivity contribution >= 4 is 19.7 Å². The molecule has 0 aliphatic heterocycles. The molecule has 0 saturated carbocycles. The number of halogens is 1. The molecule has 0 aliphatic rings. The van der Waals surface area contributed by atoms with Crippen LogP contribution in [0.25, 0.3) is 5.69 Å². The van der Waals surface area contributed by atoms with E-state index >= 15 is 0 Å². The third kappa shape index (κ3) is 2.43. The smallest absolute Gasteiger partial charge is 0.220 e. The topological polar surface area (TPSA) is 99.5 Å². The molecule has 8 heteroatoms. The van der Waals surface area contributed by atoms with Crippen LogP contribution >= 0.6 is 10.7 Å². The first-order chi connectivity index (χ1) is 8.97. The van der Waals surface area contributed by atoms with Crippen molar-refractivity contribution in [3.05, 3.63) is 41.6 Å². The summed E-state index contributed by atoms with van der Waals surface area (Å²) >= 11 is 0. The van der Waals surface area contributed by atoms with Gasteiger partial charge in [-0.05, 0) is 24.3 Å². The average molecular weight is 293 g/mol. The third-order valence-electron chi connectivity index (χ3n) is 2.32. The predicted octanol–water partition coefficient (Wildman–Crippen LogP) is 1.54. The molecular formula is C11H5ClN4O2S. The van der Waals surface area contributed by atoms with E-state index < -0.39 is 9.05 Å². The summed E-state index contributed by atoms with van der Waals surface area (Å²) in [6, 6.07) is 9.70. The molecule has 0 fully saturated rings. The van der Waals surface area contributed by atoms with Gasteiger partial charge in [-0.25, -0.2) is 13.1 Å². The van der Waals surface area contributed by atoms with Crippen LogP contribution in [0.2, 0.25) is 0 Å². The van der Waals surface area contributed by atoms with Crippen molar-refractivity contribution in [1.29, 1.82) is 10.5 Å². The molecule has 94 valence electrons. The maximum atomic E-state index is 11.5. The molecule has 0 bridgehead atoms. The van der Waals surface area contributed by atoms with E-state index in [4.69, 9.17) is 21.2 Å². The summed E-state index contributed by atoms with van der Waals surface area (Å²) in [5.74, 6) is 0. The van der Waals surface area contributed by atoms with Gasteiger partial charge in [0.1, 0.15) is 11.6 Å². The van der Waals surface area contributed by atoms with Crippen LogP contribution in [0.3, 0.4) is 0 Å². The van der Waals surface area contributed by atoms with E-state index in [1.807, 2.05) is 6.07 Å². The number of nitrogens with zero attached hydrogens (tertiary/aromatic N) is 4. The number of nitriles is 2. The minimum absolute atomic E-state index is 0.139. The fourth-order valence-corrected chi connectivity index (χ4v) is 2.68. The van der Waals surface area contributed by atoms with Crippen LogP contribution in [-0.2, 0) is 9.05 Å². The Labute approximate surface area is 113 Å². The van der Waals surface area contributed by atoms with Crippen LogP contribution in [0.15, 0.2) is 35.5 Å². The molecule has 1 aromatic heterocycles. The first-order valence-corrected chi connectivity index (χ1v) is 7.21. The zero-order valence-corrected chi connectivity index (χ0v) is 10.9. The van der Waals surface area contributed by atoms with Gasteiger partial charge >= 0.3 is 0 Å². The lowest BCUT2D eigenvalue weighted by Crippen LogP contribution is -2.05. The molecule has 0 unspecified atom stereocenters. The standard InChI is InChI=1S/C11H5ClN4O2S/c12-19(17,18)11-9(6-14)7-15-16(11)10-3-1-8(5-13)2-4-10/h1-4,7H. The van der Waals surface area contributed by atoms with Crippen LogP contribution in [0.1, 0.15) is 11.1 Å². The lowest BCUT2D eigenvalue weighted by molar-refractivity contribution is 0.599. The Morgan fingerprint density at radius 3 is 2.26 bits per heavy atom. The van der Waals surface area contributed by atoms with Crippen molar-refractivity contribution in [3.63, 3.8) is 0 Å². The molecule has 0 amide bonds. The van der Waals surface area contributed by atoms with Crippen LogP contribution in [0, 0.1) is 22.7 Å². The first-order valence-electron chi connectivity index (χ1n) is 4.90. The number of aromatic nitrogens is 2. The summed E-state index contributed by atoms with van der Waals surface area (Å²) < 4.78 is 24.0. The van der Waals surface area contributed by atoms with E-state index in [0.717, 1.165) is 10.9 Å². The highest BCUT2D eigenvalue weighted by molar-refractivity contribution is 8.13. The van der Waals surface area contributed by atoms with E-state index in [1.165, 1.54) is 24.3 Å². The summed E-state index contributed by atoms with van der Waals surface area (Å²) in [5, 5.41) is 21.0. The normalized spacial score (nSPS) is 10.7. The fourth-order valence-electron chi connectivity index (χ4n) is 1.51.